The van der Waals surface area contributed by atoms with E-state index in [0.29, 0.717) is 18.5 Å². The van der Waals surface area contributed by atoms with Gasteiger partial charge in [0, 0.05) is 17.8 Å². The molecule has 30 heavy (non-hydrogen) atoms. The standard InChI is InChI=1S/C26H23FN2O/c1-18-23(26(28)30)24(20-10-4-2-5-11-20)25(21-12-6-3-7-13-21)29(18)16-15-19-9-8-14-22(27)17-19/h2-14,17H,15-16H2,1H3,(H2,28,30). The zero-order valence-electron chi connectivity index (χ0n) is 16.8. The van der Waals surface area contributed by atoms with E-state index in [1.165, 1.54) is 6.07 Å². The van der Waals surface area contributed by atoms with Crippen LogP contribution in [0.4, 0.5) is 4.39 Å². The number of hydrogen-bond acceptors (Lipinski definition) is 1. The maximum absolute atomic E-state index is 13.6. The van der Waals surface area contributed by atoms with Gasteiger partial charge in [0.05, 0.1) is 11.3 Å². The summed E-state index contributed by atoms with van der Waals surface area (Å²) in [5.41, 5.74) is 11.8. The lowest BCUT2D eigenvalue weighted by atomic mass is 9.96. The summed E-state index contributed by atoms with van der Waals surface area (Å²) in [5, 5.41) is 0. The molecule has 4 rings (SSSR count). The molecule has 0 fully saturated rings. The van der Waals surface area contributed by atoms with E-state index in [1.54, 1.807) is 12.1 Å². The van der Waals surface area contributed by atoms with Crippen LogP contribution in [0.15, 0.2) is 84.9 Å². The number of aromatic nitrogens is 1. The molecule has 0 aliphatic rings. The Labute approximate surface area is 175 Å². The molecule has 0 bridgehead atoms. The number of aryl methyl sites for hydroxylation is 1. The lowest BCUT2D eigenvalue weighted by molar-refractivity contribution is 0.1000. The van der Waals surface area contributed by atoms with Gasteiger partial charge in [0.15, 0.2) is 0 Å². The number of primary amides is 1. The minimum absolute atomic E-state index is 0.247. The van der Waals surface area contributed by atoms with Crippen molar-refractivity contribution in [2.75, 3.05) is 0 Å². The van der Waals surface area contributed by atoms with Gasteiger partial charge in [-0.15, -0.1) is 0 Å². The van der Waals surface area contributed by atoms with Crippen LogP contribution in [0.1, 0.15) is 21.6 Å². The van der Waals surface area contributed by atoms with Crippen molar-refractivity contribution in [3.63, 3.8) is 0 Å². The minimum Gasteiger partial charge on any atom is -0.366 e. The van der Waals surface area contributed by atoms with E-state index in [-0.39, 0.29) is 5.82 Å². The van der Waals surface area contributed by atoms with Crippen molar-refractivity contribution in [2.45, 2.75) is 19.9 Å². The molecule has 0 aliphatic heterocycles. The van der Waals surface area contributed by atoms with Crippen LogP contribution >= 0.6 is 0 Å². The van der Waals surface area contributed by atoms with Crippen LogP contribution in [0.25, 0.3) is 22.4 Å². The van der Waals surface area contributed by atoms with Gasteiger partial charge in [-0.3, -0.25) is 4.79 Å². The van der Waals surface area contributed by atoms with Crippen LogP contribution in [0, 0.1) is 12.7 Å². The lowest BCUT2D eigenvalue weighted by Gasteiger charge is -2.14. The van der Waals surface area contributed by atoms with Gasteiger partial charge in [0.1, 0.15) is 5.82 Å². The number of halogens is 1. The summed E-state index contributed by atoms with van der Waals surface area (Å²) in [4.78, 5) is 12.5. The zero-order chi connectivity index (χ0) is 21.1. The van der Waals surface area contributed by atoms with Crippen LogP contribution in [0.3, 0.4) is 0 Å². The first-order valence-electron chi connectivity index (χ1n) is 9.94. The molecule has 0 saturated heterocycles. The maximum Gasteiger partial charge on any atom is 0.251 e. The zero-order valence-corrected chi connectivity index (χ0v) is 16.8. The second-order valence-corrected chi connectivity index (χ2v) is 7.31. The first kappa shape index (κ1) is 19.6. The number of carbonyl (C=O) groups excluding carboxylic acids is 1. The molecule has 1 aromatic heterocycles. The Bertz CT molecular complexity index is 1180. The van der Waals surface area contributed by atoms with Crippen molar-refractivity contribution in [3.8, 4) is 22.4 Å². The number of carbonyl (C=O) groups is 1. The fourth-order valence-electron chi connectivity index (χ4n) is 4.03. The molecule has 2 N–H and O–H groups in total. The second-order valence-electron chi connectivity index (χ2n) is 7.31. The highest BCUT2D eigenvalue weighted by molar-refractivity contribution is 6.05. The monoisotopic (exact) mass is 398 g/mol. The number of hydrogen-bond donors (Lipinski definition) is 1. The Balaban J connectivity index is 1.91. The quantitative estimate of drug-likeness (QED) is 0.451. The number of rotatable bonds is 6. The Morgan fingerprint density at radius 2 is 1.53 bits per heavy atom. The highest BCUT2D eigenvalue weighted by atomic mass is 19.1. The summed E-state index contributed by atoms with van der Waals surface area (Å²) >= 11 is 0. The molecule has 0 atom stereocenters. The number of nitrogens with two attached hydrogens (primary N) is 1. The highest BCUT2D eigenvalue weighted by Crippen LogP contribution is 2.39. The molecule has 4 heteroatoms. The first-order chi connectivity index (χ1) is 14.6. The average Bonchev–Trinajstić information content (AvgIpc) is 3.06. The van der Waals surface area contributed by atoms with E-state index in [1.807, 2.05) is 73.7 Å². The minimum atomic E-state index is -0.451. The fraction of sp³-hybridized carbons (Fsp3) is 0.115. The van der Waals surface area contributed by atoms with Gasteiger partial charge in [0.25, 0.3) is 5.91 Å². The molecule has 0 saturated carbocycles. The number of benzene rings is 3. The SMILES string of the molecule is Cc1c(C(N)=O)c(-c2ccccc2)c(-c2ccccc2)n1CCc1cccc(F)c1. The third-order valence-corrected chi connectivity index (χ3v) is 5.39. The molecule has 0 radical (unpaired) electrons. The Morgan fingerprint density at radius 1 is 0.900 bits per heavy atom. The third-order valence-electron chi connectivity index (χ3n) is 5.39. The molecule has 3 aromatic carbocycles. The summed E-state index contributed by atoms with van der Waals surface area (Å²) in [7, 11) is 0. The predicted octanol–water partition coefficient (Wildman–Crippen LogP) is 5.61. The normalized spacial score (nSPS) is 10.9. The Morgan fingerprint density at radius 3 is 2.13 bits per heavy atom. The van der Waals surface area contributed by atoms with E-state index in [4.69, 9.17) is 5.73 Å². The van der Waals surface area contributed by atoms with E-state index in [2.05, 4.69) is 4.57 Å². The van der Waals surface area contributed by atoms with Crippen LogP contribution in [-0.4, -0.2) is 10.5 Å². The summed E-state index contributed by atoms with van der Waals surface area (Å²) in [6.45, 7) is 2.52. The van der Waals surface area contributed by atoms with E-state index < -0.39 is 5.91 Å². The van der Waals surface area contributed by atoms with Crippen LogP contribution in [-0.2, 0) is 13.0 Å². The van der Waals surface area contributed by atoms with E-state index in [0.717, 1.165) is 33.6 Å². The molecule has 3 nitrogen and oxygen atoms in total. The Kier molecular flexibility index (Phi) is 5.48. The summed E-state index contributed by atoms with van der Waals surface area (Å²) in [6.07, 6.45) is 0.638. The van der Waals surface area contributed by atoms with Crippen molar-refractivity contribution in [1.29, 1.82) is 0 Å². The number of nitrogens with zero attached hydrogens (tertiary/aromatic N) is 1. The van der Waals surface area contributed by atoms with Crippen LogP contribution in [0.2, 0.25) is 0 Å². The van der Waals surface area contributed by atoms with E-state index in [9.17, 15) is 9.18 Å². The fourth-order valence-corrected chi connectivity index (χ4v) is 4.03. The number of amides is 1. The van der Waals surface area contributed by atoms with Crippen molar-refractivity contribution in [1.82, 2.24) is 4.57 Å². The van der Waals surface area contributed by atoms with Gasteiger partial charge < -0.3 is 10.3 Å². The Hall–Kier alpha value is -3.66. The van der Waals surface area contributed by atoms with Gasteiger partial charge in [-0.25, -0.2) is 4.39 Å². The molecule has 0 spiro atoms. The largest absolute Gasteiger partial charge is 0.366 e. The van der Waals surface area contributed by atoms with Gasteiger partial charge >= 0.3 is 0 Å². The van der Waals surface area contributed by atoms with Crippen molar-refractivity contribution in [3.05, 3.63) is 108 Å². The van der Waals surface area contributed by atoms with Gasteiger partial charge in [-0.1, -0.05) is 72.8 Å². The van der Waals surface area contributed by atoms with Crippen LogP contribution < -0.4 is 5.73 Å². The van der Waals surface area contributed by atoms with Gasteiger partial charge in [-0.2, -0.15) is 0 Å². The predicted molar refractivity (Wildman–Crippen MR) is 119 cm³/mol. The average molecular weight is 398 g/mol. The second kappa shape index (κ2) is 8.37. The van der Waals surface area contributed by atoms with Crippen molar-refractivity contribution < 1.29 is 9.18 Å². The first-order valence-corrected chi connectivity index (χ1v) is 9.94. The smallest absolute Gasteiger partial charge is 0.251 e. The molecule has 1 heterocycles. The highest BCUT2D eigenvalue weighted by Gasteiger charge is 2.25. The van der Waals surface area contributed by atoms with Gasteiger partial charge in [-0.05, 0) is 42.2 Å². The lowest BCUT2D eigenvalue weighted by Crippen LogP contribution is -2.13. The summed E-state index contributed by atoms with van der Waals surface area (Å²) in [6, 6.07) is 26.4. The topological polar surface area (TPSA) is 48.0 Å². The molecular weight excluding hydrogens is 375 g/mol. The maximum atomic E-state index is 13.6. The molecule has 0 aliphatic carbocycles. The molecule has 150 valence electrons. The summed E-state index contributed by atoms with van der Waals surface area (Å²) in [5.74, 6) is -0.698. The molecule has 0 unspecified atom stereocenters. The van der Waals surface area contributed by atoms with Crippen LogP contribution in [0.5, 0.6) is 0 Å². The van der Waals surface area contributed by atoms with Gasteiger partial charge in [0.2, 0.25) is 0 Å². The van der Waals surface area contributed by atoms with E-state index >= 15 is 0 Å². The molecule has 4 aromatic rings. The molecular formula is C26H23FN2O. The summed E-state index contributed by atoms with van der Waals surface area (Å²) < 4.78 is 15.8. The third kappa shape index (κ3) is 3.77. The van der Waals surface area contributed by atoms with Crippen molar-refractivity contribution in [2.24, 2.45) is 5.73 Å². The molecule has 1 amide bonds. The van der Waals surface area contributed by atoms with Crippen molar-refractivity contribution >= 4 is 5.91 Å².